The molecule has 0 unspecified atom stereocenters. The molecular weight excluding hydrogens is 262 g/mol. The van der Waals surface area contributed by atoms with Crippen molar-refractivity contribution in [1.82, 2.24) is 9.88 Å². The van der Waals surface area contributed by atoms with Gasteiger partial charge in [-0.15, -0.1) is 0 Å². The van der Waals surface area contributed by atoms with E-state index in [1.807, 2.05) is 4.90 Å². The zero-order valence-electron chi connectivity index (χ0n) is 11.4. The molecule has 1 N–H and O–H groups in total. The molecule has 1 saturated carbocycles. The standard InChI is InChI=1S/C14H20ClN3O/c1-3-8-18(9-10-4-5-10)14(19)13-11(15)6-7-12(16-2)17-13/h6-7,10H,3-5,8-9H2,1-2H3,(H,16,17). The van der Waals surface area contributed by atoms with Crippen LogP contribution in [0.3, 0.4) is 0 Å². The fourth-order valence-electron chi connectivity index (χ4n) is 2.04. The number of carbonyl (C=O) groups excluding carboxylic acids is 1. The number of nitrogens with one attached hydrogen (secondary N) is 1. The van der Waals surface area contributed by atoms with Crippen molar-refractivity contribution in [3.8, 4) is 0 Å². The number of hydrogen-bond donors (Lipinski definition) is 1. The second kappa shape index (κ2) is 6.24. The summed E-state index contributed by atoms with van der Waals surface area (Å²) in [7, 11) is 1.78. The van der Waals surface area contributed by atoms with Crippen molar-refractivity contribution >= 4 is 23.3 Å². The van der Waals surface area contributed by atoms with Crippen LogP contribution in [0.15, 0.2) is 12.1 Å². The van der Waals surface area contributed by atoms with Crippen molar-refractivity contribution < 1.29 is 4.79 Å². The van der Waals surface area contributed by atoms with Crippen LogP contribution in [0, 0.1) is 5.92 Å². The number of aromatic nitrogens is 1. The van der Waals surface area contributed by atoms with E-state index < -0.39 is 0 Å². The molecule has 0 spiro atoms. The number of hydrogen-bond acceptors (Lipinski definition) is 3. The number of pyridine rings is 1. The summed E-state index contributed by atoms with van der Waals surface area (Å²) in [5, 5.41) is 3.35. The Morgan fingerprint density at radius 1 is 1.53 bits per heavy atom. The van der Waals surface area contributed by atoms with Gasteiger partial charge in [0.2, 0.25) is 0 Å². The minimum Gasteiger partial charge on any atom is -0.373 e. The Bertz CT molecular complexity index is 460. The van der Waals surface area contributed by atoms with Gasteiger partial charge in [0.1, 0.15) is 11.5 Å². The maximum atomic E-state index is 12.5. The number of anilines is 1. The summed E-state index contributed by atoms with van der Waals surface area (Å²) < 4.78 is 0. The van der Waals surface area contributed by atoms with Gasteiger partial charge >= 0.3 is 0 Å². The van der Waals surface area contributed by atoms with E-state index in [2.05, 4.69) is 17.2 Å². The minimum atomic E-state index is -0.0594. The van der Waals surface area contributed by atoms with Crippen molar-refractivity contribution in [2.24, 2.45) is 5.92 Å². The lowest BCUT2D eigenvalue weighted by atomic mass is 10.2. The fraction of sp³-hybridized carbons (Fsp3) is 0.571. The van der Waals surface area contributed by atoms with E-state index in [1.54, 1.807) is 19.2 Å². The molecule has 19 heavy (non-hydrogen) atoms. The third-order valence-electron chi connectivity index (χ3n) is 3.26. The predicted octanol–water partition coefficient (Wildman–Crippen LogP) is 3.04. The van der Waals surface area contributed by atoms with E-state index >= 15 is 0 Å². The lowest BCUT2D eigenvalue weighted by Crippen LogP contribution is -2.34. The first-order valence-electron chi connectivity index (χ1n) is 6.79. The minimum absolute atomic E-state index is 0.0594. The summed E-state index contributed by atoms with van der Waals surface area (Å²) in [6.45, 7) is 3.66. The lowest BCUT2D eigenvalue weighted by molar-refractivity contribution is 0.0742. The molecule has 0 atom stereocenters. The van der Waals surface area contributed by atoms with Gasteiger partial charge in [-0.1, -0.05) is 18.5 Å². The third-order valence-corrected chi connectivity index (χ3v) is 3.57. The van der Waals surface area contributed by atoms with Gasteiger partial charge in [-0.05, 0) is 37.3 Å². The van der Waals surface area contributed by atoms with Gasteiger partial charge in [0.05, 0.1) is 5.02 Å². The van der Waals surface area contributed by atoms with Gasteiger partial charge in [-0.3, -0.25) is 4.79 Å². The number of amides is 1. The molecule has 0 saturated heterocycles. The molecule has 1 amide bonds. The highest BCUT2D eigenvalue weighted by Crippen LogP contribution is 2.30. The molecule has 1 fully saturated rings. The predicted molar refractivity (Wildman–Crippen MR) is 77.7 cm³/mol. The molecule has 2 rings (SSSR count). The molecule has 1 aromatic heterocycles. The van der Waals surface area contributed by atoms with Gasteiger partial charge < -0.3 is 10.2 Å². The highest BCUT2D eigenvalue weighted by molar-refractivity contribution is 6.33. The van der Waals surface area contributed by atoms with Gasteiger partial charge in [0.25, 0.3) is 5.91 Å². The van der Waals surface area contributed by atoms with Crippen molar-refractivity contribution in [3.63, 3.8) is 0 Å². The van der Waals surface area contributed by atoms with Crippen molar-refractivity contribution in [1.29, 1.82) is 0 Å². The van der Waals surface area contributed by atoms with E-state index in [1.165, 1.54) is 12.8 Å². The summed E-state index contributed by atoms with van der Waals surface area (Å²) in [5.41, 5.74) is 0.350. The Hall–Kier alpha value is -1.29. The maximum absolute atomic E-state index is 12.5. The summed E-state index contributed by atoms with van der Waals surface area (Å²) in [5.74, 6) is 1.27. The average molecular weight is 282 g/mol. The molecule has 4 nitrogen and oxygen atoms in total. The first-order valence-corrected chi connectivity index (χ1v) is 7.17. The van der Waals surface area contributed by atoms with Crippen LogP contribution in [0.4, 0.5) is 5.82 Å². The van der Waals surface area contributed by atoms with Crippen LogP contribution in [0.25, 0.3) is 0 Å². The smallest absolute Gasteiger partial charge is 0.274 e. The molecule has 1 heterocycles. The highest BCUT2D eigenvalue weighted by atomic mass is 35.5. The lowest BCUT2D eigenvalue weighted by Gasteiger charge is -2.22. The van der Waals surface area contributed by atoms with Gasteiger partial charge in [-0.2, -0.15) is 0 Å². The molecule has 1 aliphatic rings. The van der Waals surface area contributed by atoms with Gasteiger partial charge in [0.15, 0.2) is 0 Å². The van der Waals surface area contributed by atoms with Crippen molar-refractivity contribution in [3.05, 3.63) is 22.8 Å². The van der Waals surface area contributed by atoms with Crippen LogP contribution < -0.4 is 5.32 Å². The second-order valence-electron chi connectivity index (χ2n) is 4.97. The molecule has 1 aliphatic carbocycles. The number of nitrogens with zero attached hydrogens (tertiary/aromatic N) is 2. The largest absolute Gasteiger partial charge is 0.373 e. The molecule has 5 heteroatoms. The van der Waals surface area contributed by atoms with E-state index in [0.29, 0.717) is 22.5 Å². The topological polar surface area (TPSA) is 45.2 Å². The average Bonchev–Trinajstić information content (AvgIpc) is 3.22. The van der Waals surface area contributed by atoms with Gasteiger partial charge in [-0.25, -0.2) is 4.98 Å². The SMILES string of the molecule is CCCN(CC1CC1)C(=O)c1nc(NC)ccc1Cl. The second-order valence-corrected chi connectivity index (χ2v) is 5.38. The first-order chi connectivity index (χ1) is 9.15. The quantitative estimate of drug-likeness (QED) is 0.872. The Morgan fingerprint density at radius 2 is 2.26 bits per heavy atom. The Morgan fingerprint density at radius 3 is 2.84 bits per heavy atom. The number of carbonyl (C=O) groups is 1. The summed E-state index contributed by atoms with van der Waals surface area (Å²) in [6, 6.07) is 3.49. The zero-order valence-corrected chi connectivity index (χ0v) is 12.2. The van der Waals surface area contributed by atoms with Crippen molar-refractivity contribution in [2.75, 3.05) is 25.5 Å². The molecular formula is C14H20ClN3O. The number of halogens is 1. The monoisotopic (exact) mass is 281 g/mol. The van der Waals surface area contributed by atoms with Crippen LogP contribution in [-0.2, 0) is 0 Å². The molecule has 0 aliphatic heterocycles. The van der Waals surface area contributed by atoms with E-state index in [4.69, 9.17) is 11.6 Å². The van der Waals surface area contributed by atoms with Crippen molar-refractivity contribution in [2.45, 2.75) is 26.2 Å². The molecule has 1 aromatic rings. The van der Waals surface area contributed by atoms with E-state index in [9.17, 15) is 4.79 Å². The van der Waals surface area contributed by atoms with E-state index in [0.717, 1.165) is 19.5 Å². The summed E-state index contributed by atoms with van der Waals surface area (Å²) in [6.07, 6.45) is 3.40. The Balaban J connectivity index is 2.19. The zero-order chi connectivity index (χ0) is 13.8. The molecule has 104 valence electrons. The summed E-state index contributed by atoms with van der Waals surface area (Å²) in [4.78, 5) is 18.7. The molecule has 0 radical (unpaired) electrons. The highest BCUT2D eigenvalue weighted by Gasteiger charge is 2.28. The Labute approximate surface area is 119 Å². The molecule has 0 aromatic carbocycles. The Kier molecular flexibility index (Phi) is 4.64. The number of rotatable bonds is 6. The van der Waals surface area contributed by atoms with Gasteiger partial charge in [0, 0.05) is 20.1 Å². The van der Waals surface area contributed by atoms with Crippen LogP contribution in [0.5, 0.6) is 0 Å². The third kappa shape index (κ3) is 3.60. The summed E-state index contributed by atoms with van der Waals surface area (Å²) >= 11 is 6.11. The van der Waals surface area contributed by atoms with Crippen LogP contribution in [0.2, 0.25) is 5.02 Å². The molecule has 0 bridgehead atoms. The van der Waals surface area contributed by atoms with Crippen LogP contribution in [0.1, 0.15) is 36.7 Å². The van der Waals surface area contributed by atoms with Crippen LogP contribution >= 0.6 is 11.6 Å². The van der Waals surface area contributed by atoms with Crippen LogP contribution in [-0.4, -0.2) is 35.9 Å². The normalized spacial score (nSPS) is 14.3. The first kappa shape index (κ1) is 14.1. The van der Waals surface area contributed by atoms with E-state index in [-0.39, 0.29) is 5.91 Å². The fourth-order valence-corrected chi connectivity index (χ4v) is 2.22. The maximum Gasteiger partial charge on any atom is 0.274 e.